The average Bonchev–Trinajstić information content (AvgIpc) is 2.42. The predicted octanol–water partition coefficient (Wildman–Crippen LogP) is 0.892. The zero-order valence-corrected chi connectivity index (χ0v) is 10.8. The Balaban J connectivity index is 2.22. The highest BCUT2D eigenvalue weighted by molar-refractivity contribution is 5.94. The van der Waals surface area contributed by atoms with Crippen molar-refractivity contribution in [3.8, 4) is 5.75 Å². The first-order valence-electron chi connectivity index (χ1n) is 6.16. The summed E-state index contributed by atoms with van der Waals surface area (Å²) in [6, 6.07) is 1.57. The van der Waals surface area contributed by atoms with Crippen molar-refractivity contribution in [2.24, 2.45) is 0 Å². The Kier molecular flexibility index (Phi) is 4.20. The molecule has 1 aromatic rings. The Hall–Kier alpha value is -1.73. The molecule has 2 rings (SSSR count). The number of carbonyl (C=O) groups is 1. The molecule has 2 N–H and O–H groups in total. The van der Waals surface area contributed by atoms with E-state index in [-0.39, 0.29) is 31.4 Å². The molecule has 2 atom stereocenters. The van der Waals surface area contributed by atoms with Crippen LogP contribution in [-0.4, -0.2) is 52.9 Å². The molecule has 20 heavy (non-hydrogen) atoms. The Morgan fingerprint density at radius 2 is 2.00 bits per heavy atom. The average molecular weight is 287 g/mol. The number of amides is 1. The fourth-order valence-corrected chi connectivity index (χ4v) is 2.18. The van der Waals surface area contributed by atoms with Gasteiger partial charge in [-0.2, -0.15) is 0 Å². The van der Waals surface area contributed by atoms with Gasteiger partial charge in [0.05, 0.1) is 18.8 Å². The van der Waals surface area contributed by atoms with Gasteiger partial charge in [0, 0.05) is 18.7 Å². The molecule has 1 amide bonds. The number of hydrogen-bond donors (Lipinski definition) is 2. The zero-order chi connectivity index (χ0) is 14.9. The van der Waals surface area contributed by atoms with Gasteiger partial charge in [0.25, 0.3) is 5.91 Å². The summed E-state index contributed by atoms with van der Waals surface area (Å²) in [6.07, 6.45) is -0.800. The van der Waals surface area contributed by atoms with E-state index in [0.717, 1.165) is 12.1 Å². The lowest BCUT2D eigenvalue weighted by atomic mass is 10.1. The maximum atomic E-state index is 13.3. The molecule has 0 radical (unpaired) electrons. The normalized spacial score (nSPS) is 22.9. The molecular formula is C13H15F2NO4. The van der Waals surface area contributed by atoms with Crippen LogP contribution in [0.3, 0.4) is 0 Å². The van der Waals surface area contributed by atoms with Crippen LogP contribution >= 0.6 is 0 Å². The van der Waals surface area contributed by atoms with Gasteiger partial charge in [0.2, 0.25) is 0 Å². The summed E-state index contributed by atoms with van der Waals surface area (Å²) in [5.74, 6) is -4.05. The van der Waals surface area contributed by atoms with Gasteiger partial charge in [-0.3, -0.25) is 4.79 Å². The Morgan fingerprint density at radius 3 is 2.55 bits per heavy atom. The van der Waals surface area contributed by atoms with Gasteiger partial charge in [-0.25, -0.2) is 8.78 Å². The molecule has 1 fully saturated rings. The summed E-state index contributed by atoms with van der Waals surface area (Å²) < 4.78 is 31.9. The lowest BCUT2D eigenvalue weighted by molar-refractivity contribution is -0.0858. The van der Waals surface area contributed by atoms with E-state index in [9.17, 15) is 13.6 Å². The number of phenolic OH excluding ortho intramolecular Hbond substituents is 1. The Labute approximate surface area is 114 Å². The van der Waals surface area contributed by atoms with Crippen molar-refractivity contribution in [3.05, 3.63) is 29.3 Å². The number of hydrogen-bond acceptors (Lipinski definition) is 4. The lowest BCUT2D eigenvalue weighted by Gasteiger charge is -2.36. The van der Waals surface area contributed by atoms with Crippen molar-refractivity contribution in [2.45, 2.75) is 19.1 Å². The predicted molar refractivity (Wildman–Crippen MR) is 65.3 cm³/mol. The quantitative estimate of drug-likeness (QED) is 0.847. The van der Waals surface area contributed by atoms with Crippen molar-refractivity contribution in [1.29, 1.82) is 0 Å². The topological polar surface area (TPSA) is 70.0 Å². The number of aromatic hydroxyl groups is 1. The molecule has 1 saturated heterocycles. The Morgan fingerprint density at radius 1 is 1.40 bits per heavy atom. The van der Waals surface area contributed by atoms with E-state index >= 15 is 0 Å². The van der Waals surface area contributed by atoms with E-state index in [0.29, 0.717) is 0 Å². The van der Waals surface area contributed by atoms with E-state index in [1.165, 1.54) is 4.90 Å². The molecule has 0 saturated carbocycles. The smallest absolute Gasteiger partial charge is 0.254 e. The standard InChI is InChI=1S/C13H15F2NO4/c1-7-4-16(5-9(6-17)20-7)13(19)8-2-10(14)12(18)11(15)3-8/h2-3,7,9,17-18H,4-6H2,1H3. The van der Waals surface area contributed by atoms with Crippen molar-refractivity contribution in [1.82, 2.24) is 4.90 Å². The maximum absolute atomic E-state index is 13.3. The highest BCUT2D eigenvalue weighted by Gasteiger charge is 2.29. The minimum Gasteiger partial charge on any atom is -0.503 e. The molecule has 0 aliphatic carbocycles. The summed E-state index contributed by atoms with van der Waals surface area (Å²) in [5.41, 5.74) is -0.191. The number of ether oxygens (including phenoxy) is 1. The van der Waals surface area contributed by atoms with E-state index in [2.05, 4.69) is 0 Å². The monoisotopic (exact) mass is 287 g/mol. The summed E-state index contributed by atoms with van der Waals surface area (Å²) in [6.45, 7) is 1.90. The van der Waals surface area contributed by atoms with Gasteiger partial charge < -0.3 is 19.8 Å². The second-order valence-electron chi connectivity index (χ2n) is 4.75. The van der Waals surface area contributed by atoms with Crippen LogP contribution in [-0.2, 0) is 4.74 Å². The zero-order valence-electron chi connectivity index (χ0n) is 10.8. The molecule has 0 aromatic heterocycles. The maximum Gasteiger partial charge on any atom is 0.254 e. The van der Waals surface area contributed by atoms with Crippen molar-refractivity contribution >= 4 is 5.91 Å². The number of phenols is 1. The largest absolute Gasteiger partial charge is 0.503 e. The van der Waals surface area contributed by atoms with Crippen LogP contribution in [0.1, 0.15) is 17.3 Å². The Bertz CT molecular complexity index is 500. The first kappa shape index (κ1) is 14.7. The molecule has 5 nitrogen and oxygen atoms in total. The number of benzene rings is 1. The third-order valence-corrected chi connectivity index (χ3v) is 3.08. The molecule has 7 heteroatoms. The summed E-state index contributed by atoms with van der Waals surface area (Å²) in [5, 5.41) is 18.1. The van der Waals surface area contributed by atoms with Crippen LogP contribution in [0.4, 0.5) is 8.78 Å². The van der Waals surface area contributed by atoms with Crippen LogP contribution in [0.2, 0.25) is 0 Å². The highest BCUT2D eigenvalue weighted by Crippen LogP contribution is 2.23. The first-order valence-corrected chi connectivity index (χ1v) is 6.16. The fraction of sp³-hybridized carbons (Fsp3) is 0.462. The van der Waals surface area contributed by atoms with Crippen LogP contribution in [0.5, 0.6) is 5.75 Å². The minimum absolute atomic E-state index is 0.143. The van der Waals surface area contributed by atoms with Gasteiger partial charge in [-0.15, -0.1) is 0 Å². The van der Waals surface area contributed by atoms with Crippen LogP contribution in [0, 0.1) is 11.6 Å². The molecule has 1 aliphatic heterocycles. The number of aliphatic hydroxyl groups is 1. The molecule has 1 aromatic carbocycles. The number of halogens is 2. The summed E-state index contributed by atoms with van der Waals surface area (Å²) in [4.78, 5) is 13.6. The molecule has 110 valence electrons. The summed E-state index contributed by atoms with van der Waals surface area (Å²) in [7, 11) is 0. The summed E-state index contributed by atoms with van der Waals surface area (Å²) >= 11 is 0. The van der Waals surface area contributed by atoms with E-state index in [4.69, 9.17) is 14.9 Å². The third-order valence-electron chi connectivity index (χ3n) is 3.08. The van der Waals surface area contributed by atoms with Gasteiger partial charge in [0.15, 0.2) is 17.4 Å². The van der Waals surface area contributed by atoms with Crippen LogP contribution < -0.4 is 0 Å². The highest BCUT2D eigenvalue weighted by atomic mass is 19.1. The second-order valence-corrected chi connectivity index (χ2v) is 4.75. The molecule has 2 unspecified atom stereocenters. The molecular weight excluding hydrogens is 272 g/mol. The number of carbonyl (C=O) groups excluding carboxylic acids is 1. The second kappa shape index (κ2) is 5.72. The van der Waals surface area contributed by atoms with E-state index in [1.807, 2.05) is 0 Å². The van der Waals surface area contributed by atoms with Crippen molar-refractivity contribution in [2.75, 3.05) is 19.7 Å². The number of morpholine rings is 1. The van der Waals surface area contributed by atoms with Crippen molar-refractivity contribution in [3.63, 3.8) is 0 Å². The number of rotatable bonds is 2. The molecule has 1 heterocycles. The molecule has 0 bridgehead atoms. The first-order chi connectivity index (χ1) is 9.42. The number of nitrogens with zero attached hydrogens (tertiary/aromatic N) is 1. The van der Waals surface area contributed by atoms with E-state index < -0.39 is 29.4 Å². The lowest BCUT2D eigenvalue weighted by Crippen LogP contribution is -2.50. The van der Waals surface area contributed by atoms with Gasteiger partial charge in [0.1, 0.15) is 0 Å². The van der Waals surface area contributed by atoms with Gasteiger partial charge in [-0.1, -0.05) is 0 Å². The van der Waals surface area contributed by atoms with Crippen molar-refractivity contribution < 1.29 is 28.5 Å². The van der Waals surface area contributed by atoms with Crippen LogP contribution in [0.15, 0.2) is 12.1 Å². The number of aliphatic hydroxyl groups excluding tert-OH is 1. The minimum atomic E-state index is -1.19. The molecule has 1 aliphatic rings. The third kappa shape index (κ3) is 2.88. The fourth-order valence-electron chi connectivity index (χ4n) is 2.18. The van der Waals surface area contributed by atoms with E-state index in [1.54, 1.807) is 6.92 Å². The van der Waals surface area contributed by atoms with Gasteiger partial charge >= 0.3 is 0 Å². The molecule has 0 spiro atoms. The van der Waals surface area contributed by atoms with Gasteiger partial charge in [-0.05, 0) is 19.1 Å². The SMILES string of the molecule is CC1CN(C(=O)c2cc(F)c(O)c(F)c2)CC(CO)O1. The van der Waals surface area contributed by atoms with Crippen LogP contribution in [0.25, 0.3) is 0 Å².